The topological polar surface area (TPSA) is 70.2 Å². The Morgan fingerprint density at radius 2 is 1.89 bits per heavy atom. The number of rotatable bonds is 4. The molecule has 0 atom stereocenters. The summed E-state index contributed by atoms with van der Waals surface area (Å²) in [6.45, 7) is 10.9. The van der Waals surface area contributed by atoms with Gasteiger partial charge in [-0.15, -0.1) is 0 Å². The van der Waals surface area contributed by atoms with Crippen molar-refractivity contribution in [3.8, 4) is 5.75 Å². The molecule has 1 N–H and O–H groups in total. The van der Waals surface area contributed by atoms with E-state index in [1.807, 2.05) is 11.1 Å². The van der Waals surface area contributed by atoms with E-state index in [-0.39, 0.29) is 11.5 Å². The molecule has 1 spiro atoms. The van der Waals surface area contributed by atoms with E-state index in [9.17, 15) is 4.79 Å². The van der Waals surface area contributed by atoms with Gasteiger partial charge < -0.3 is 24.6 Å². The minimum Gasteiger partial charge on any atom is -0.487 e. The number of anilines is 3. The van der Waals surface area contributed by atoms with Gasteiger partial charge in [0.1, 0.15) is 18.2 Å². The lowest BCUT2D eigenvalue weighted by molar-refractivity contribution is -0.158. The summed E-state index contributed by atoms with van der Waals surface area (Å²) in [5, 5.41) is 3.62. The Morgan fingerprint density at radius 3 is 2.61 bits per heavy atom. The summed E-state index contributed by atoms with van der Waals surface area (Å²) in [6.07, 6.45) is 8.97. The first-order valence-electron chi connectivity index (χ1n) is 14.2. The normalized spacial score (nSPS) is 23.3. The van der Waals surface area contributed by atoms with Gasteiger partial charge >= 0.3 is 0 Å². The minimum atomic E-state index is 0.0478. The lowest BCUT2D eigenvalue weighted by Gasteiger charge is -2.48. The Labute approximate surface area is 224 Å². The molecule has 8 heteroatoms. The monoisotopic (exact) mass is 515 g/mol. The van der Waals surface area contributed by atoms with Crippen molar-refractivity contribution in [3.05, 3.63) is 54.2 Å². The smallest absolute Gasteiger partial charge is 0.246 e. The molecular formula is C30H37N5O3. The molecule has 2 aromatic rings. The zero-order valence-electron chi connectivity index (χ0n) is 22.0. The van der Waals surface area contributed by atoms with Crippen LogP contribution in [0, 0.1) is 0 Å². The van der Waals surface area contributed by atoms with Crippen molar-refractivity contribution in [3.63, 3.8) is 0 Å². The second-order valence-electron chi connectivity index (χ2n) is 11.5. The van der Waals surface area contributed by atoms with Crippen LogP contribution >= 0.6 is 0 Å². The summed E-state index contributed by atoms with van der Waals surface area (Å²) < 4.78 is 12.3. The number of piperidine rings is 2. The van der Waals surface area contributed by atoms with E-state index in [1.165, 1.54) is 23.7 Å². The van der Waals surface area contributed by atoms with E-state index < -0.39 is 0 Å². The molecule has 1 aromatic heterocycles. The molecular weight excluding hydrogens is 478 g/mol. The number of amides is 1. The lowest BCUT2D eigenvalue weighted by atomic mass is 9.84. The van der Waals surface area contributed by atoms with E-state index in [0.29, 0.717) is 18.6 Å². The summed E-state index contributed by atoms with van der Waals surface area (Å²) >= 11 is 0. The number of carbonyl (C=O) groups is 1. The predicted molar refractivity (Wildman–Crippen MR) is 147 cm³/mol. The van der Waals surface area contributed by atoms with Crippen molar-refractivity contribution in [2.45, 2.75) is 56.3 Å². The van der Waals surface area contributed by atoms with Gasteiger partial charge in [-0.2, -0.15) is 0 Å². The zero-order valence-corrected chi connectivity index (χ0v) is 22.0. The molecule has 4 saturated heterocycles. The first-order chi connectivity index (χ1) is 18.6. The number of hydrogen-bond acceptors (Lipinski definition) is 7. The number of carbonyl (C=O) groups excluding carboxylic acids is 1. The third kappa shape index (κ3) is 4.24. The second kappa shape index (κ2) is 9.58. The van der Waals surface area contributed by atoms with E-state index in [4.69, 9.17) is 14.5 Å². The van der Waals surface area contributed by atoms with Crippen molar-refractivity contribution in [2.24, 2.45) is 0 Å². The Morgan fingerprint density at radius 1 is 1.11 bits per heavy atom. The molecule has 0 bridgehead atoms. The van der Waals surface area contributed by atoms with Crippen LogP contribution in [0.25, 0.3) is 0 Å². The molecule has 5 aliphatic rings. The van der Waals surface area contributed by atoms with Crippen LogP contribution in [0.3, 0.4) is 0 Å². The summed E-state index contributed by atoms with van der Waals surface area (Å²) in [7, 11) is 0. The van der Waals surface area contributed by atoms with E-state index in [2.05, 4.69) is 46.0 Å². The lowest BCUT2D eigenvalue weighted by Crippen LogP contribution is -2.61. The molecule has 0 radical (unpaired) electrons. The molecule has 0 unspecified atom stereocenters. The molecule has 8 nitrogen and oxygen atoms in total. The van der Waals surface area contributed by atoms with E-state index in [0.717, 1.165) is 94.4 Å². The van der Waals surface area contributed by atoms with Crippen molar-refractivity contribution in [1.29, 1.82) is 0 Å². The molecule has 6 heterocycles. The molecule has 5 aliphatic heterocycles. The summed E-state index contributed by atoms with van der Waals surface area (Å²) in [6, 6.07) is 9.25. The van der Waals surface area contributed by atoms with Gasteiger partial charge in [0.05, 0.1) is 23.5 Å². The van der Waals surface area contributed by atoms with E-state index >= 15 is 0 Å². The third-order valence-corrected chi connectivity index (χ3v) is 9.51. The van der Waals surface area contributed by atoms with Crippen LogP contribution in [-0.4, -0.2) is 78.2 Å². The maximum absolute atomic E-state index is 11.8. The number of aromatic nitrogens is 1. The largest absolute Gasteiger partial charge is 0.487 e. The van der Waals surface area contributed by atoms with Crippen LogP contribution in [0.2, 0.25) is 0 Å². The summed E-state index contributed by atoms with van der Waals surface area (Å²) in [5.74, 6) is 2.36. The number of nitrogens with one attached hydrogen (secondary N) is 1. The van der Waals surface area contributed by atoms with Crippen molar-refractivity contribution >= 4 is 23.1 Å². The molecule has 200 valence electrons. The highest BCUT2D eigenvalue weighted by atomic mass is 16.5. The van der Waals surface area contributed by atoms with Crippen LogP contribution in [0.1, 0.15) is 49.1 Å². The fourth-order valence-electron chi connectivity index (χ4n) is 6.86. The second-order valence-corrected chi connectivity index (χ2v) is 11.5. The average Bonchev–Trinajstić information content (AvgIpc) is 3.10. The predicted octanol–water partition coefficient (Wildman–Crippen LogP) is 4.05. The van der Waals surface area contributed by atoms with Crippen LogP contribution in [0.4, 0.5) is 17.2 Å². The number of nitrogens with zero attached hydrogens (tertiary/aromatic N) is 4. The van der Waals surface area contributed by atoms with Gasteiger partial charge in [0.15, 0.2) is 0 Å². The van der Waals surface area contributed by atoms with Gasteiger partial charge in [0.25, 0.3) is 0 Å². The summed E-state index contributed by atoms with van der Waals surface area (Å²) in [5.41, 5.74) is 4.86. The van der Waals surface area contributed by atoms with Gasteiger partial charge in [0.2, 0.25) is 5.91 Å². The van der Waals surface area contributed by atoms with Crippen LogP contribution in [0.15, 0.2) is 43.1 Å². The van der Waals surface area contributed by atoms with Gasteiger partial charge in [-0.1, -0.05) is 12.6 Å². The number of ether oxygens (including phenoxy) is 2. The van der Waals surface area contributed by atoms with Crippen LogP contribution < -0.4 is 15.0 Å². The Kier molecular flexibility index (Phi) is 6.04. The number of pyridine rings is 1. The highest BCUT2D eigenvalue weighted by molar-refractivity contribution is 5.87. The number of hydrogen-bond donors (Lipinski definition) is 1. The maximum atomic E-state index is 11.8. The SMILES string of the molecule is C=CC(=O)N1CC(N2CCC(c3ccc4c(c3)Nc3nccc(N5CCC6(CCO6)CC5)c3CO4)CC2)C1. The van der Waals surface area contributed by atoms with Gasteiger partial charge in [-0.25, -0.2) is 4.98 Å². The van der Waals surface area contributed by atoms with Crippen molar-refractivity contribution in [2.75, 3.05) is 56.1 Å². The molecule has 0 aliphatic carbocycles. The fourth-order valence-corrected chi connectivity index (χ4v) is 6.86. The van der Waals surface area contributed by atoms with Gasteiger partial charge in [-0.3, -0.25) is 9.69 Å². The molecule has 4 fully saturated rings. The Balaban J connectivity index is 1.02. The van der Waals surface area contributed by atoms with Crippen molar-refractivity contribution < 1.29 is 14.3 Å². The first-order valence-corrected chi connectivity index (χ1v) is 14.2. The number of likely N-dealkylation sites (tertiary alicyclic amines) is 2. The van der Waals surface area contributed by atoms with Gasteiger partial charge in [0, 0.05) is 44.1 Å². The average molecular weight is 516 g/mol. The number of benzene rings is 1. The van der Waals surface area contributed by atoms with E-state index in [1.54, 1.807) is 0 Å². The molecule has 0 saturated carbocycles. The Hall–Kier alpha value is -3.10. The van der Waals surface area contributed by atoms with Gasteiger partial charge in [-0.05, 0) is 81.0 Å². The van der Waals surface area contributed by atoms with Crippen LogP contribution in [-0.2, 0) is 16.1 Å². The number of fused-ring (bicyclic) bond motifs is 2. The minimum absolute atomic E-state index is 0.0478. The zero-order chi connectivity index (χ0) is 25.7. The first kappa shape index (κ1) is 24.0. The van der Waals surface area contributed by atoms with Crippen LogP contribution in [0.5, 0.6) is 5.75 Å². The van der Waals surface area contributed by atoms with Crippen molar-refractivity contribution in [1.82, 2.24) is 14.8 Å². The molecule has 1 amide bonds. The standard InChI is InChI=1S/C30H37N5O3/c1-2-28(36)35-18-23(19-35)33-12-6-21(7-13-33)22-3-4-27-25(17-22)32-29-24(20-37-27)26(5-11-31-29)34-14-8-30(9-15-34)10-16-38-30/h2-5,11,17,21,23H,1,6-10,12-16,18-20H2,(H,31,32). The third-order valence-electron chi connectivity index (χ3n) is 9.51. The quantitative estimate of drug-likeness (QED) is 0.616. The Bertz CT molecular complexity index is 1220. The molecule has 7 rings (SSSR count). The molecule has 1 aromatic carbocycles. The highest BCUT2D eigenvalue weighted by Gasteiger charge is 2.41. The fraction of sp³-hybridized carbons (Fsp3) is 0.533. The summed E-state index contributed by atoms with van der Waals surface area (Å²) in [4.78, 5) is 23.4. The molecule has 38 heavy (non-hydrogen) atoms. The maximum Gasteiger partial charge on any atom is 0.246 e. The highest BCUT2D eigenvalue weighted by Crippen LogP contribution is 2.42.